The molecule has 0 bridgehead atoms. The van der Waals surface area contributed by atoms with Crippen LogP contribution in [0.5, 0.6) is 0 Å². The van der Waals surface area contributed by atoms with Crippen molar-refractivity contribution in [2.24, 2.45) is 5.92 Å². The Kier molecular flexibility index (Phi) is 5.10. The Morgan fingerprint density at radius 1 is 1.14 bits per heavy atom. The predicted octanol–water partition coefficient (Wildman–Crippen LogP) is 3.94. The average molecular weight is 416 g/mol. The number of aromatic nitrogens is 2. The molecule has 0 unspecified atom stereocenters. The Labute approximate surface area is 175 Å². The Hall–Kier alpha value is -1.89. The van der Waals surface area contributed by atoms with E-state index in [9.17, 15) is 4.79 Å². The summed E-state index contributed by atoms with van der Waals surface area (Å²) in [4.78, 5) is 15.3. The Bertz CT molecular complexity index is 910. The van der Waals surface area contributed by atoms with Crippen LogP contribution in [0.2, 0.25) is 5.02 Å². The zero-order valence-corrected chi connectivity index (χ0v) is 17.4. The molecule has 0 spiro atoms. The third-order valence-corrected chi connectivity index (χ3v) is 6.67. The minimum absolute atomic E-state index is 0.0862. The van der Waals surface area contributed by atoms with Crippen LogP contribution in [0.25, 0.3) is 5.69 Å². The quantitative estimate of drug-likeness (QED) is 0.759. The molecule has 1 aromatic carbocycles. The third kappa shape index (κ3) is 3.69. The summed E-state index contributed by atoms with van der Waals surface area (Å²) in [7, 11) is 0. The molecule has 6 nitrogen and oxygen atoms in total. The fourth-order valence-corrected chi connectivity index (χ4v) is 4.56. The highest BCUT2D eigenvalue weighted by Crippen LogP contribution is 2.43. The van der Waals surface area contributed by atoms with E-state index in [2.05, 4.69) is 5.10 Å². The van der Waals surface area contributed by atoms with Crippen molar-refractivity contribution < 1.29 is 14.3 Å². The van der Waals surface area contributed by atoms with Crippen LogP contribution < -0.4 is 0 Å². The highest BCUT2D eigenvalue weighted by molar-refractivity contribution is 6.31. The van der Waals surface area contributed by atoms with Crippen LogP contribution in [0.4, 0.5) is 0 Å². The van der Waals surface area contributed by atoms with E-state index in [-0.39, 0.29) is 12.2 Å². The van der Waals surface area contributed by atoms with Crippen molar-refractivity contribution in [3.63, 3.8) is 0 Å². The van der Waals surface area contributed by atoms with Gasteiger partial charge in [-0.3, -0.25) is 4.79 Å². The maximum absolute atomic E-state index is 13.3. The van der Waals surface area contributed by atoms with Crippen molar-refractivity contribution in [2.75, 3.05) is 26.3 Å². The molecular weight excluding hydrogens is 390 g/mol. The summed E-state index contributed by atoms with van der Waals surface area (Å²) in [6, 6.07) is 5.94. The van der Waals surface area contributed by atoms with Crippen molar-refractivity contribution in [2.45, 2.75) is 44.8 Å². The van der Waals surface area contributed by atoms with Gasteiger partial charge in [0.15, 0.2) is 6.29 Å². The second-order valence-corrected chi connectivity index (χ2v) is 8.71. The van der Waals surface area contributed by atoms with Gasteiger partial charge in [0.05, 0.1) is 36.4 Å². The lowest BCUT2D eigenvalue weighted by molar-refractivity contribution is -0.0956. The van der Waals surface area contributed by atoms with Gasteiger partial charge in [-0.25, -0.2) is 4.68 Å². The molecule has 0 atom stereocenters. The molecule has 0 N–H and O–H groups in total. The van der Waals surface area contributed by atoms with E-state index in [1.165, 1.54) is 0 Å². The number of rotatable bonds is 4. The smallest absolute Gasteiger partial charge is 0.257 e. The lowest BCUT2D eigenvalue weighted by atomic mass is 9.95. The molecule has 3 aliphatic rings. The first-order valence-electron chi connectivity index (χ1n) is 10.5. The van der Waals surface area contributed by atoms with Crippen molar-refractivity contribution in [1.29, 1.82) is 0 Å². The molecule has 2 aliphatic heterocycles. The fraction of sp³-hybridized carbons (Fsp3) is 0.545. The zero-order valence-electron chi connectivity index (χ0n) is 16.6. The summed E-state index contributed by atoms with van der Waals surface area (Å²) in [5.41, 5.74) is 3.70. The Balaban J connectivity index is 1.36. The molecule has 0 radical (unpaired) electrons. The summed E-state index contributed by atoms with van der Waals surface area (Å²) in [6.45, 7) is 4.81. The van der Waals surface area contributed by atoms with Gasteiger partial charge in [0.1, 0.15) is 0 Å². The van der Waals surface area contributed by atoms with Crippen molar-refractivity contribution >= 4 is 17.5 Å². The van der Waals surface area contributed by atoms with Gasteiger partial charge in [0.25, 0.3) is 5.91 Å². The molecule has 1 amide bonds. The number of benzene rings is 1. The number of carbonyl (C=O) groups excluding carboxylic acids is 1. The number of hydrogen-bond donors (Lipinski definition) is 0. The molecule has 2 saturated heterocycles. The third-order valence-electron chi connectivity index (χ3n) is 6.26. The Morgan fingerprint density at radius 2 is 1.86 bits per heavy atom. The van der Waals surface area contributed by atoms with E-state index < -0.39 is 0 Å². The van der Waals surface area contributed by atoms with Gasteiger partial charge < -0.3 is 14.4 Å². The minimum Gasteiger partial charge on any atom is -0.350 e. The maximum Gasteiger partial charge on any atom is 0.257 e. The summed E-state index contributed by atoms with van der Waals surface area (Å²) in [5.74, 6) is 0.860. The first-order chi connectivity index (χ1) is 14.1. The molecule has 1 aliphatic carbocycles. The van der Waals surface area contributed by atoms with Crippen LogP contribution in [0.1, 0.15) is 53.2 Å². The number of amides is 1. The molecule has 154 valence electrons. The lowest BCUT2D eigenvalue weighted by Gasteiger charge is -2.33. The first-order valence-corrected chi connectivity index (χ1v) is 10.9. The molecule has 2 aromatic rings. The zero-order chi connectivity index (χ0) is 20.0. The summed E-state index contributed by atoms with van der Waals surface area (Å²) >= 11 is 6.33. The van der Waals surface area contributed by atoms with Crippen molar-refractivity contribution in [3.05, 3.63) is 46.2 Å². The average Bonchev–Trinajstić information content (AvgIpc) is 3.25. The van der Waals surface area contributed by atoms with E-state index in [0.717, 1.165) is 61.3 Å². The fourth-order valence-electron chi connectivity index (χ4n) is 4.39. The highest BCUT2D eigenvalue weighted by Gasteiger charge is 2.36. The van der Waals surface area contributed by atoms with Crippen LogP contribution in [0.3, 0.4) is 0 Å². The minimum atomic E-state index is -0.0942. The van der Waals surface area contributed by atoms with E-state index in [0.29, 0.717) is 30.1 Å². The molecule has 5 rings (SSSR count). The topological polar surface area (TPSA) is 56.6 Å². The number of piperidine rings is 1. The predicted molar refractivity (Wildman–Crippen MR) is 110 cm³/mol. The number of hydrogen-bond acceptors (Lipinski definition) is 4. The Morgan fingerprint density at radius 3 is 2.52 bits per heavy atom. The van der Waals surface area contributed by atoms with Gasteiger partial charge >= 0.3 is 0 Å². The summed E-state index contributed by atoms with van der Waals surface area (Å²) in [5, 5.41) is 5.30. The number of carbonyl (C=O) groups is 1. The van der Waals surface area contributed by atoms with E-state index in [1.807, 2.05) is 34.7 Å². The van der Waals surface area contributed by atoms with Gasteiger partial charge in [0, 0.05) is 29.9 Å². The first kappa shape index (κ1) is 19.1. The van der Waals surface area contributed by atoms with Crippen LogP contribution in [-0.2, 0) is 9.47 Å². The highest BCUT2D eigenvalue weighted by atomic mass is 35.5. The van der Waals surface area contributed by atoms with Gasteiger partial charge in [-0.15, -0.1) is 0 Å². The number of halogens is 1. The number of ether oxygens (including phenoxy) is 2. The van der Waals surface area contributed by atoms with Gasteiger partial charge in [-0.1, -0.05) is 17.7 Å². The SMILES string of the molecule is Cc1ccc(-n2ncc(C(=O)N3CCC(C4OCCO4)CC3)c2C2CC2)cc1Cl. The summed E-state index contributed by atoms with van der Waals surface area (Å²) < 4.78 is 13.2. The van der Waals surface area contributed by atoms with Gasteiger partial charge in [0.2, 0.25) is 0 Å². The molecule has 3 fully saturated rings. The van der Waals surface area contributed by atoms with Gasteiger partial charge in [-0.05, 0) is 50.3 Å². The largest absolute Gasteiger partial charge is 0.350 e. The van der Waals surface area contributed by atoms with Crippen molar-refractivity contribution in [1.82, 2.24) is 14.7 Å². The lowest BCUT2D eigenvalue weighted by Crippen LogP contribution is -2.41. The number of likely N-dealkylation sites (tertiary alicyclic amines) is 1. The van der Waals surface area contributed by atoms with E-state index in [1.54, 1.807) is 6.20 Å². The second-order valence-electron chi connectivity index (χ2n) is 8.30. The van der Waals surface area contributed by atoms with E-state index >= 15 is 0 Å². The summed E-state index contributed by atoms with van der Waals surface area (Å²) in [6.07, 6.45) is 5.67. The second kappa shape index (κ2) is 7.74. The van der Waals surface area contributed by atoms with Crippen LogP contribution in [-0.4, -0.2) is 53.2 Å². The molecule has 3 heterocycles. The van der Waals surface area contributed by atoms with Crippen LogP contribution in [0, 0.1) is 12.8 Å². The van der Waals surface area contributed by atoms with Gasteiger partial charge in [-0.2, -0.15) is 5.10 Å². The molecular formula is C22H26ClN3O3. The molecule has 7 heteroatoms. The molecule has 1 saturated carbocycles. The van der Waals surface area contributed by atoms with Crippen LogP contribution in [0.15, 0.2) is 24.4 Å². The molecule has 1 aromatic heterocycles. The maximum atomic E-state index is 13.3. The number of aryl methyl sites for hydroxylation is 1. The normalized spacial score (nSPS) is 21.1. The molecule has 29 heavy (non-hydrogen) atoms. The van der Waals surface area contributed by atoms with Crippen LogP contribution >= 0.6 is 11.6 Å². The monoisotopic (exact) mass is 415 g/mol. The van der Waals surface area contributed by atoms with E-state index in [4.69, 9.17) is 21.1 Å². The van der Waals surface area contributed by atoms with Crippen molar-refractivity contribution in [3.8, 4) is 5.69 Å². The standard InChI is InChI=1S/C22H26ClN3O3/c1-14-2-5-17(12-19(14)23)26-20(15-3-4-15)18(13-24-26)21(27)25-8-6-16(7-9-25)22-28-10-11-29-22/h2,5,12-13,15-16,22H,3-4,6-11H2,1H3. The number of nitrogens with zero attached hydrogens (tertiary/aromatic N) is 3.